The van der Waals surface area contributed by atoms with Crippen LogP contribution in [0, 0.1) is 17.4 Å². The topological polar surface area (TPSA) is 51.8 Å². The van der Waals surface area contributed by atoms with Crippen molar-refractivity contribution in [2.45, 2.75) is 13.8 Å². The van der Waals surface area contributed by atoms with Gasteiger partial charge in [-0.15, -0.1) is 0 Å². The van der Waals surface area contributed by atoms with E-state index in [0.29, 0.717) is 16.7 Å². The molecule has 0 spiro atoms. The first-order valence-electron chi connectivity index (χ1n) is 4.21. The Morgan fingerprint density at radius 1 is 1.40 bits per heavy atom. The predicted octanol–water partition coefficient (Wildman–Crippen LogP) is 3.01. The minimum Gasteiger partial charge on any atom is -0.361 e. The lowest BCUT2D eigenvalue weighted by Crippen LogP contribution is -1.93. The van der Waals surface area contributed by atoms with Gasteiger partial charge in [-0.3, -0.25) is 0 Å². The Kier molecular flexibility index (Phi) is 2.92. The van der Waals surface area contributed by atoms with Crippen molar-refractivity contribution in [3.63, 3.8) is 0 Å². The van der Waals surface area contributed by atoms with Gasteiger partial charge in [0.25, 0.3) is 0 Å². The summed E-state index contributed by atoms with van der Waals surface area (Å²) >= 11 is 8.01. The SMILES string of the molecule is Cc1noc(C)c1-c1ncc(I)c(Cl)n1. The molecule has 0 aliphatic rings. The standard InChI is InChI=1S/C9H7ClIN3O/c1-4-7(5(2)15-14-4)9-12-3-6(11)8(10)13-9/h3H,1-2H3. The van der Waals surface area contributed by atoms with E-state index in [-0.39, 0.29) is 0 Å². The van der Waals surface area contributed by atoms with Crippen molar-refractivity contribution < 1.29 is 4.52 Å². The summed E-state index contributed by atoms with van der Waals surface area (Å²) in [4.78, 5) is 8.38. The maximum Gasteiger partial charge on any atom is 0.166 e. The zero-order valence-corrected chi connectivity index (χ0v) is 11.0. The van der Waals surface area contributed by atoms with Gasteiger partial charge in [-0.25, -0.2) is 9.97 Å². The highest BCUT2D eigenvalue weighted by atomic mass is 127. The molecule has 6 heteroatoms. The third kappa shape index (κ3) is 1.98. The molecule has 15 heavy (non-hydrogen) atoms. The van der Waals surface area contributed by atoms with Crippen LogP contribution in [0.25, 0.3) is 11.4 Å². The summed E-state index contributed by atoms with van der Waals surface area (Å²) in [6.45, 7) is 3.67. The fourth-order valence-corrected chi connectivity index (χ4v) is 1.66. The van der Waals surface area contributed by atoms with E-state index in [4.69, 9.17) is 16.1 Å². The lowest BCUT2D eigenvalue weighted by Gasteiger charge is -1.99. The van der Waals surface area contributed by atoms with E-state index < -0.39 is 0 Å². The van der Waals surface area contributed by atoms with Gasteiger partial charge in [0.2, 0.25) is 0 Å². The quantitative estimate of drug-likeness (QED) is 0.594. The highest BCUT2D eigenvalue weighted by Gasteiger charge is 2.15. The zero-order valence-electron chi connectivity index (χ0n) is 8.08. The number of hydrogen-bond acceptors (Lipinski definition) is 4. The van der Waals surface area contributed by atoms with Crippen LogP contribution in [0.1, 0.15) is 11.5 Å². The first-order chi connectivity index (χ1) is 7.09. The molecule has 0 amide bonds. The Morgan fingerprint density at radius 3 is 2.67 bits per heavy atom. The lowest BCUT2D eigenvalue weighted by atomic mass is 10.2. The molecule has 2 aromatic rings. The zero-order chi connectivity index (χ0) is 11.0. The normalized spacial score (nSPS) is 10.7. The lowest BCUT2D eigenvalue weighted by molar-refractivity contribution is 0.393. The summed E-state index contributed by atoms with van der Waals surface area (Å²) in [5.41, 5.74) is 1.58. The fourth-order valence-electron chi connectivity index (χ4n) is 1.27. The van der Waals surface area contributed by atoms with Crippen molar-refractivity contribution in [1.29, 1.82) is 0 Å². The summed E-state index contributed by atoms with van der Waals surface area (Å²) in [6.07, 6.45) is 1.68. The second-order valence-corrected chi connectivity index (χ2v) is 4.55. The van der Waals surface area contributed by atoms with Crippen molar-refractivity contribution in [2.75, 3.05) is 0 Å². The van der Waals surface area contributed by atoms with Gasteiger partial charge < -0.3 is 4.52 Å². The highest BCUT2D eigenvalue weighted by molar-refractivity contribution is 14.1. The van der Waals surface area contributed by atoms with Crippen LogP contribution in [0.3, 0.4) is 0 Å². The molecule has 0 aliphatic heterocycles. The summed E-state index contributed by atoms with van der Waals surface area (Å²) in [5.74, 6) is 1.25. The molecule has 0 aromatic carbocycles. The van der Waals surface area contributed by atoms with Crippen LogP contribution in [0.2, 0.25) is 5.15 Å². The molecule has 0 atom stereocenters. The molecule has 0 bridgehead atoms. The maximum atomic E-state index is 5.93. The number of rotatable bonds is 1. The molecular weight excluding hydrogens is 328 g/mol. The number of aromatic nitrogens is 3. The molecule has 78 valence electrons. The Bertz CT molecular complexity index is 493. The molecule has 0 saturated carbocycles. The smallest absolute Gasteiger partial charge is 0.166 e. The van der Waals surface area contributed by atoms with Gasteiger partial charge in [0.1, 0.15) is 10.9 Å². The van der Waals surface area contributed by atoms with E-state index in [0.717, 1.165) is 14.8 Å². The molecule has 2 heterocycles. The van der Waals surface area contributed by atoms with Gasteiger partial charge in [0.05, 0.1) is 14.8 Å². The number of nitrogens with zero attached hydrogens (tertiary/aromatic N) is 3. The van der Waals surface area contributed by atoms with Crippen LogP contribution >= 0.6 is 34.2 Å². The van der Waals surface area contributed by atoms with E-state index >= 15 is 0 Å². The van der Waals surface area contributed by atoms with Crippen molar-refractivity contribution >= 4 is 34.2 Å². The third-order valence-electron chi connectivity index (χ3n) is 1.96. The van der Waals surface area contributed by atoms with E-state index in [2.05, 4.69) is 37.7 Å². The van der Waals surface area contributed by atoms with Crippen LogP contribution in [0.15, 0.2) is 10.7 Å². The summed E-state index contributed by atoms with van der Waals surface area (Å²) in [6, 6.07) is 0. The van der Waals surface area contributed by atoms with Crippen molar-refractivity contribution in [3.05, 3.63) is 26.4 Å². The Hall–Kier alpha value is -0.690. The highest BCUT2D eigenvalue weighted by Crippen LogP contribution is 2.25. The molecule has 0 saturated heterocycles. The van der Waals surface area contributed by atoms with Crippen LogP contribution in [0.5, 0.6) is 0 Å². The molecule has 0 unspecified atom stereocenters. The van der Waals surface area contributed by atoms with Gasteiger partial charge in [-0.1, -0.05) is 16.8 Å². The largest absolute Gasteiger partial charge is 0.361 e. The van der Waals surface area contributed by atoms with Gasteiger partial charge in [-0.2, -0.15) is 0 Å². The molecule has 2 aromatic heterocycles. The first kappa shape index (κ1) is 10.8. The second kappa shape index (κ2) is 4.05. The molecule has 0 radical (unpaired) electrons. The molecule has 0 aliphatic carbocycles. The first-order valence-corrected chi connectivity index (χ1v) is 5.66. The van der Waals surface area contributed by atoms with Crippen molar-refractivity contribution in [2.24, 2.45) is 0 Å². The number of hydrogen-bond donors (Lipinski definition) is 0. The van der Waals surface area contributed by atoms with E-state index in [9.17, 15) is 0 Å². The van der Waals surface area contributed by atoms with Crippen LogP contribution in [0.4, 0.5) is 0 Å². The summed E-state index contributed by atoms with van der Waals surface area (Å²) in [7, 11) is 0. The van der Waals surface area contributed by atoms with Gasteiger partial charge in [0, 0.05) is 6.20 Å². The molecule has 4 nitrogen and oxygen atoms in total. The van der Waals surface area contributed by atoms with Crippen LogP contribution in [-0.4, -0.2) is 15.1 Å². The average molecular weight is 336 g/mol. The monoisotopic (exact) mass is 335 g/mol. The fraction of sp³-hybridized carbons (Fsp3) is 0.222. The Morgan fingerprint density at radius 2 is 2.13 bits per heavy atom. The second-order valence-electron chi connectivity index (χ2n) is 3.03. The summed E-state index contributed by atoms with van der Waals surface area (Å²) in [5, 5.41) is 4.29. The van der Waals surface area contributed by atoms with E-state index in [1.165, 1.54) is 0 Å². The third-order valence-corrected chi connectivity index (χ3v) is 3.35. The van der Waals surface area contributed by atoms with Crippen molar-refractivity contribution in [1.82, 2.24) is 15.1 Å². The van der Waals surface area contributed by atoms with E-state index in [1.807, 2.05) is 13.8 Å². The van der Waals surface area contributed by atoms with Gasteiger partial charge in [0.15, 0.2) is 5.82 Å². The van der Waals surface area contributed by atoms with Crippen molar-refractivity contribution in [3.8, 4) is 11.4 Å². The Balaban J connectivity index is 2.59. The Labute approximate surface area is 105 Å². The number of halogens is 2. The predicted molar refractivity (Wildman–Crippen MR) is 64.7 cm³/mol. The minimum atomic E-state index is 0.445. The van der Waals surface area contributed by atoms with Gasteiger partial charge >= 0.3 is 0 Å². The molecular formula is C9H7ClIN3O. The van der Waals surface area contributed by atoms with Gasteiger partial charge in [-0.05, 0) is 36.4 Å². The van der Waals surface area contributed by atoms with Crippen LogP contribution < -0.4 is 0 Å². The van der Waals surface area contributed by atoms with E-state index in [1.54, 1.807) is 6.20 Å². The minimum absolute atomic E-state index is 0.445. The molecule has 0 N–H and O–H groups in total. The van der Waals surface area contributed by atoms with Crippen LogP contribution in [-0.2, 0) is 0 Å². The summed E-state index contributed by atoms with van der Waals surface area (Å²) < 4.78 is 5.87. The molecule has 0 fully saturated rings. The number of aryl methyl sites for hydroxylation is 2. The molecule has 2 rings (SSSR count). The average Bonchev–Trinajstić information content (AvgIpc) is 2.52. The maximum absolute atomic E-state index is 5.93.